The summed E-state index contributed by atoms with van der Waals surface area (Å²) in [4.78, 5) is 22.9. The first-order chi connectivity index (χ1) is 10.1. The molecule has 1 fully saturated rings. The Morgan fingerprint density at radius 1 is 1.29 bits per heavy atom. The van der Waals surface area contributed by atoms with Gasteiger partial charge in [0.25, 0.3) is 0 Å². The summed E-state index contributed by atoms with van der Waals surface area (Å²) < 4.78 is 0. The topological polar surface area (TPSA) is 90.5 Å². The van der Waals surface area contributed by atoms with Crippen molar-refractivity contribution in [3.63, 3.8) is 0 Å². The van der Waals surface area contributed by atoms with Crippen LogP contribution in [-0.4, -0.2) is 36.2 Å². The van der Waals surface area contributed by atoms with Crippen molar-refractivity contribution in [2.75, 3.05) is 18.4 Å². The Balaban J connectivity index is 1.78. The average Bonchev–Trinajstić information content (AvgIpc) is 3.22. The summed E-state index contributed by atoms with van der Waals surface area (Å²) in [6.07, 6.45) is 3.30. The molecule has 1 saturated carbocycles. The van der Waals surface area contributed by atoms with Gasteiger partial charge in [-0.2, -0.15) is 0 Å². The number of benzene rings is 1. The monoisotopic (exact) mass is 311 g/mol. The number of nitrogens with one attached hydrogen (secondary N) is 3. The number of urea groups is 1. The van der Waals surface area contributed by atoms with Crippen molar-refractivity contribution in [3.8, 4) is 0 Å². The first-order valence-electron chi connectivity index (χ1n) is 6.88. The second-order valence-corrected chi connectivity index (χ2v) is 5.34. The molecule has 0 heterocycles. The van der Waals surface area contributed by atoms with Crippen molar-refractivity contribution in [2.45, 2.75) is 25.3 Å². The number of carbonyl (C=O) groups is 2. The van der Waals surface area contributed by atoms with E-state index in [9.17, 15) is 9.59 Å². The van der Waals surface area contributed by atoms with Crippen LogP contribution in [-0.2, 0) is 0 Å². The van der Waals surface area contributed by atoms with Gasteiger partial charge in [0, 0.05) is 12.6 Å². The van der Waals surface area contributed by atoms with Crippen molar-refractivity contribution >= 4 is 29.3 Å². The number of hydrogen-bond donors (Lipinski definition) is 4. The minimum Gasteiger partial charge on any atom is -0.478 e. The molecule has 6 nitrogen and oxygen atoms in total. The van der Waals surface area contributed by atoms with E-state index >= 15 is 0 Å². The lowest BCUT2D eigenvalue weighted by Gasteiger charge is -2.11. The molecule has 0 bridgehead atoms. The number of aromatic carboxylic acids is 1. The standard InChI is InChI=1S/C14H18ClN3O3/c15-10-3-1-4-11(12(10)13(19)20)18-14(21)17-8-2-7-16-9-5-6-9/h1,3-4,9,16H,2,5-8H2,(H,19,20)(H2,17,18,21). The molecule has 0 atom stereocenters. The van der Waals surface area contributed by atoms with Crippen molar-refractivity contribution < 1.29 is 14.7 Å². The Kier molecular flexibility index (Phi) is 5.41. The SMILES string of the molecule is O=C(NCCCNC1CC1)Nc1cccc(Cl)c1C(=O)O. The second kappa shape index (κ2) is 7.28. The molecule has 114 valence electrons. The lowest BCUT2D eigenvalue weighted by Crippen LogP contribution is -2.32. The molecular formula is C14H18ClN3O3. The molecule has 7 heteroatoms. The molecular weight excluding hydrogens is 294 g/mol. The molecule has 1 aromatic rings. The van der Waals surface area contributed by atoms with Gasteiger partial charge in [0.15, 0.2) is 0 Å². The van der Waals surface area contributed by atoms with Gasteiger partial charge in [-0.25, -0.2) is 9.59 Å². The zero-order chi connectivity index (χ0) is 15.2. The summed E-state index contributed by atoms with van der Waals surface area (Å²) in [5, 5.41) is 17.7. The highest BCUT2D eigenvalue weighted by Crippen LogP contribution is 2.24. The van der Waals surface area contributed by atoms with E-state index < -0.39 is 12.0 Å². The summed E-state index contributed by atoms with van der Waals surface area (Å²) in [6.45, 7) is 1.39. The quantitative estimate of drug-likeness (QED) is 0.582. The predicted molar refractivity (Wildman–Crippen MR) is 81.1 cm³/mol. The zero-order valence-corrected chi connectivity index (χ0v) is 12.2. The van der Waals surface area contributed by atoms with Crippen LogP contribution in [0, 0.1) is 0 Å². The van der Waals surface area contributed by atoms with Crippen LogP contribution in [0.25, 0.3) is 0 Å². The molecule has 21 heavy (non-hydrogen) atoms. The van der Waals surface area contributed by atoms with Crippen LogP contribution in [0.3, 0.4) is 0 Å². The Bertz CT molecular complexity index is 532. The third kappa shape index (κ3) is 4.91. The fraction of sp³-hybridized carbons (Fsp3) is 0.429. The minimum absolute atomic E-state index is 0.0916. The number of carboxylic acid groups (broad SMARTS) is 1. The highest BCUT2D eigenvalue weighted by molar-refractivity contribution is 6.34. The molecule has 0 aromatic heterocycles. The summed E-state index contributed by atoms with van der Waals surface area (Å²) >= 11 is 5.83. The molecule has 2 rings (SSSR count). The number of carbonyl (C=O) groups excluding carboxylic acids is 1. The van der Waals surface area contributed by atoms with Crippen LogP contribution < -0.4 is 16.0 Å². The Morgan fingerprint density at radius 3 is 2.71 bits per heavy atom. The molecule has 0 aliphatic heterocycles. The summed E-state index contributed by atoms with van der Waals surface area (Å²) in [5.41, 5.74) is 0.0772. The molecule has 1 aliphatic carbocycles. The van der Waals surface area contributed by atoms with Gasteiger partial charge in [-0.05, 0) is 37.9 Å². The number of anilines is 1. The van der Waals surface area contributed by atoms with Gasteiger partial charge in [-0.3, -0.25) is 0 Å². The van der Waals surface area contributed by atoms with E-state index in [1.165, 1.54) is 25.0 Å². The first kappa shape index (κ1) is 15.6. The van der Waals surface area contributed by atoms with E-state index in [4.69, 9.17) is 16.7 Å². The zero-order valence-electron chi connectivity index (χ0n) is 11.5. The molecule has 0 spiro atoms. The highest BCUT2D eigenvalue weighted by atomic mass is 35.5. The largest absolute Gasteiger partial charge is 0.478 e. The maximum atomic E-state index is 11.7. The van der Waals surface area contributed by atoms with Crippen LogP contribution in [0.1, 0.15) is 29.6 Å². The third-order valence-corrected chi connectivity index (χ3v) is 3.44. The van der Waals surface area contributed by atoms with Gasteiger partial charge >= 0.3 is 12.0 Å². The summed E-state index contributed by atoms with van der Waals surface area (Å²) in [5.74, 6) is -1.18. The van der Waals surface area contributed by atoms with Gasteiger partial charge in [-0.15, -0.1) is 0 Å². The molecule has 0 unspecified atom stereocenters. The van der Waals surface area contributed by atoms with Crippen LogP contribution in [0.5, 0.6) is 0 Å². The van der Waals surface area contributed by atoms with E-state index in [0.29, 0.717) is 12.6 Å². The number of hydrogen-bond acceptors (Lipinski definition) is 3. The minimum atomic E-state index is -1.18. The molecule has 1 aliphatic rings. The van der Waals surface area contributed by atoms with E-state index in [1.807, 2.05) is 0 Å². The van der Waals surface area contributed by atoms with Crippen molar-refractivity contribution in [1.29, 1.82) is 0 Å². The van der Waals surface area contributed by atoms with E-state index in [2.05, 4.69) is 16.0 Å². The van der Waals surface area contributed by atoms with Crippen LogP contribution >= 0.6 is 11.6 Å². The normalized spacial score (nSPS) is 13.8. The maximum absolute atomic E-state index is 11.7. The third-order valence-electron chi connectivity index (χ3n) is 3.13. The Labute approximate surface area is 127 Å². The molecule has 4 N–H and O–H groups in total. The number of amides is 2. The van der Waals surface area contributed by atoms with E-state index in [-0.39, 0.29) is 16.3 Å². The second-order valence-electron chi connectivity index (χ2n) is 4.93. The lowest BCUT2D eigenvalue weighted by molar-refractivity contribution is 0.0698. The predicted octanol–water partition coefficient (Wildman–Crippen LogP) is 2.30. The van der Waals surface area contributed by atoms with Crippen molar-refractivity contribution in [3.05, 3.63) is 28.8 Å². The van der Waals surface area contributed by atoms with E-state index in [1.54, 1.807) is 6.07 Å². The Hall–Kier alpha value is -1.79. The smallest absolute Gasteiger partial charge is 0.339 e. The van der Waals surface area contributed by atoms with Gasteiger partial charge in [0.2, 0.25) is 0 Å². The van der Waals surface area contributed by atoms with Crippen molar-refractivity contribution in [1.82, 2.24) is 10.6 Å². The van der Waals surface area contributed by atoms with Gasteiger partial charge < -0.3 is 21.1 Å². The van der Waals surface area contributed by atoms with Crippen molar-refractivity contribution in [2.24, 2.45) is 0 Å². The molecule has 1 aromatic carbocycles. The highest BCUT2D eigenvalue weighted by Gasteiger charge is 2.19. The van der Waals surface area contributed by atoms with E-state index in [0.717, 1.165) is 13.0 Å². The van der Waals surface area contributed by atoms with Gasteiger partial charge in [0.1, 0.15) is 5.56 Å². The number of carboxylic acids is 1. The summed E-state index contributed by atoms with van der Waals surface area (Å²) in [6, 6.07) is 4.78. The number of rotatable bonds is 7. The lowest BCUT2D eigenvalue weighted by atomic mass is 10.2. The van der Waals surface area contributed by atoms with Crippen LogP contribution in [0.2, 0.25) is 5.02 Å². The first-order valence-corrected chi connectivity index (χ1v) is 7.26. The summed E-state index contributed by atoms with van der Waals surface area (Å²) in [7, 11) is 0. The Morgan fingerprint density at radius 2 is 2.05 bits per heavy atom. The fourth-order valence-corrected chi connectivity index (χ4v) is 2.15. The maximum Gasteiger partial charge on any atom is 0.339 e. The molecule has 2 amide bonds. The fourth-order valence-electron chi connectivity index (χ4n) is 1.90. The molecule has 0 radical (unpaired) electrons. The number of halogens is 1. The van der Waals surface area contributed by atoms with Crippen LogP contribution in [0.15, 0.2) is 18.2 Å². The molecule has 0 saturated heterocycles. The van der Waals surface area contributed by atoms with Gasteiger partial charge in [-0.1, -0.05) is 17.7 Å². The van der Waals surface area contributed by atoms with Gasteiger partial charge in [0.05, 0.1) is 10.7 Å². The van der Waals surface area contributed by atoms with Crippen LogP contribution in [0.4, 0.5) is 10.5 Å². The average molecular weight is 312 g/mol.